The molecule has 28 heavy (non-hydrogen) atoms. The van der Waals surface area contributed by atoms with E-state index in [0.717, 1.165) is 11.3 Å². The van der Waals surface area contributed by atoms with Gasteiger partial charge in [0.2, 0.25) is 0 Å². The molecule has 9 nitrogen and oxygen atoms in total. The highest BCUT2D eigenvalue weighted by atomic mass is 32.2. The molecule has 4 aromatic rings. The molecule has 0 unspecified atom stereocenters. The molecular formula is C18H13N7O2S. The first-order valence-corrected chi connectivity index (χ1v) is 9.75. The van der Waals surface area contributed by atoms with E-state index in [1.165, 1.54) is 23.9 Å². The highest BCUT2D eigenvalue weighted by Gasteiger charge is 2.35. The second kappa shape index (κ2) is 5.92. The molecule has 4 aromatic heterocycles. The largest absolute Gasteiger partial charge is 0.267 e. The molecule has 5 rings (SSSR count). The van der Waals surface area contributed by atoms with Gasteiger partial charge in [0.25, 0.3) is 10.0 Å². The molecule has 0 aromatic carbocycles. The Hall–Kier alpha value is -3.66. The standard InChI is InChI=1S/C18H13N7O2S/c1-24-15-5-4-14(12-7-22-25(10-12)13-3-2-6-19-8-13)23-17(15)18-16(28(24,26)27)9-20-11-21-18/h2-11H,1H3. The summed E-state index contributed by atoms with van der Waals surface area (Å²) < 4.78 is 28.3. The summed E-state index contributed by atoms with van der Waals surface area (Å²) in [5.41, 5.74) is 3.53. The van der Waals surface area contributed by atoms with E-state index in [1.807, 2.05) is 18.3 Å². The lowest BCUT2D eigenvalue weighted by molar-refractivity contribution is 0.592. The van der Waals surface area contributed by atoms with E-state index in [4.69, 9.17) is 0 Å². The Morgan fingerprint density at radius 1 is 1.00 bits per heavy atom. The molecule has 0 aliphatic carbocycles. The summed E-state index contributed by atoms with van der Waals surface area (Å²) in [5, 5.41) is 4.36. The van der Waals surface area contributed by atoms with Crippen molar-refractivity contribution in [2.75, 3.05) is 11.4 Å². The van der Waals surface area contributed by atoms with Gasteiger partial charge in [-0.05, 0) is 24.3 Å². The SMILES string of the molecule is CN1c2ccc(-c3cnn(-c4cccnc4)c3)nc2-c2ncncc2S1(=O)=O. The first kappa shape index (κ1) is 16.5. The molecule has 0 atom stereocenters. The van der Waals surface area contributed by atoms with Crippen molar-refractivity contribution in [3.05, 3.63) is 61.6 Å². The third-order valence-corrected chi connectivity index (χ3v) is 6.32. The van der Waals surface area contributed by atoms with Crippen molar-refractivity contribution in [3.63, 3.8) is 0 Å². The Balaban J connectivity index is 1.64. The van der Waals surface area contributed by atoms with Gasteiger partial charge in [0, 0.05) is 25.0 Å². The topological polar surface area (TPSA) is 107 Å². The molecule has 0 saturated heterocycles. The van der Waals surface area contributed by atoms with E-state index >= 15 is 0 Å². The van der Waals surface area contributed by atoms with Crippen molar-refractivity contribution < 1.29 is 8.42 Å². The van der Waals surface area contributed by atoms with E-state index in [0.29, 0.717) is 22.8 Å². The van der Waals surface area contributed by atoms with Gasteiger partial charge in [-0.3, -0.25) is 9.29 Å². The van der Waals surface area contributed by atoms with Gasteiger partial charge >= 0.3 is 0 Å². The molecule has 138 valence electrons. The second-order valence-electron chi connectivity index (χ2n) is 6.16. The van der Waals surface area contributed by atoms with Crippen molar-refractivity contribution in [2.24, 2.45) is 0 Å². The Morgan fingerprint density at radius 3 is 2.71 bits per heavy atom. The fourth-order valence-corrected chi connectivity index (χ4v) is 4.38. The van der Waals surface area contributed by atoms with E-state index in [1.54, 1.807) is 35.4 Å². The van der Waals surface area contributed by atoms with Crippen LogP contribution in [-0.2, 0) is 10.0 Å². The van der Waals surface area contributed by atoms with Crippen molar-refractivity contribution in [1.82, 2.24) is 29.7 Å². The minimum Gasteiger partial charge on any atom is -0.267 e. The monoisotopic (exact) mass is 391 g/mol. The number of anilines is 1. The van der Waals surface area contributed by atoms with Crippen LogP contribution in [0.15, 0.2) is 66.5 Å². The molecule has 0 bridgehead atoms. The summed E-state index contributed by atoms with van der Waals surface area (Å²) in [4.78, 5) is 16.8. The van der Waals surface area contributed by atoms with Crippen LogP contribution < -0.4 is 4.31 Å². The van der Waals surface area contributed by atoms with Gasteiger partial charge in [0.1, 0.15) is 22.6 Å². The van der Waals surface area contributed by atoms with Gasteiger partial charge in [0.15, 0.2) is 0 Å². The molecule has 0 radical (unpaired) electrons. The first-order valence-electron chi connectivity index (χ1n) is 8.31. The fourth-order valence-electron chi connectivity index (χ4n) is 3.09. The summed E-state index contributed by atoms with van der Waals surface area (Å²) >= 11 is 0. The number of hydrogen-bond donors (Lipinski definition) is 0. The smallest absolute Gasteiger partial charge is 0.267 e. The highest BCUT2D eigenvalue weighted by Crippen LogP contribution is 2.40. The van der Waals surface area contributed by atoms with Gasteiger partial charge in [-0.2, -0.15) is 5.10 Å². The van der Waals surface area contributed by atoms with Crippen molar-refractivity contribution in [1.29, 1.82) is 0 Å². The van der Waals surface area contributed by atoms with Gasteiger partial charge in [-0.1, -0.05) is 0 Å². The number of aromatic nitrogens is 6. The average molecular weight is 391 g/mol. The normalized spacial score (nSPS) is 14.4. The maximum Gasteiger partial charge on any atom is 0.267 e. The Bertz CT molecular complexity index is 1300. The zero-order valence-electron chi connectivity index (χ0n) is 14.6. The highest BCUT2D eigenvalue weighted by molar-refractivity contribution is 7.93. The van der Waals surface area contributed by atoms with Crippen molar-refractivity contribution >= 4 is 15.7 Å². The number of hydrogen-bond acceptors (Lipinski definition) is 7. The molecular weight excluding hydrogens is 378 g/mol. The third-order valence-electron chi connectivity index (χ3n) is 4.54. The fraction of sp³-hybridized carbons (Fsp3) is 0.0556. The van der Waals surface area contributed by atoms with Crippen LogP contribution in [0.1, 0.15) is 0 Å². The Morgan fingerprint density at radius 2 is 1.89 bits per heavy atom. The van der Waals surface area contributed by atoms with Crippen LogP contribution in [0.2, 0.25) is 0 Å². The lowest BCUT2D eigenvalue weighted by atomic mass is 10.1. The molecule has 0 amide bonds. The van der Waals surface area contributed by atoms with Crippen molar-refractivity contribution in [3.8, 4) is 28.3 Å². The predicted octanol–water partition coefficient (Wildman–Crippen LogP) is 1.92. The Kier molecular flexibility index (Phi) is 3.49. The first-order chi connectivity index (χ1) is 13.6. The van der Waals surface area contributed by atoms with E-state index < -0.39 is 10.0 Å². The summed E-state index contributed by atoms with van der Waals surface area (Å²) in [6.45, 7) is 0. The maximum absolute atomic E-state index is 12.7. The predicted molar refractivity (Wildman–Crippen MR) is 101 cm³/mol. The van der Waals surface area contributed by atoms with E-state index in [-0.39, 0.29) is 4.90 Å². The minimum atomic E-state index is -3.70. The summed E-state index contributed by atoms with van der Waals surface area (Å²) in [6, 6.07) is 7.22. The van der Waals surface area contributed by atoms with Crippen molar-refractivity contribution in [2.45, 2.75) is 4.90 Å². The number of rotatable bonds is 2. The van der Waals surface area contributed by atoms with Crippen LogP contribution in [-0.4, -0.2) is 45.2 Å². The number of nitrogens with zero attached hydrogens (tertiary/aromatic N) is 7. The van der Waals surface area contributed by atoms with Crippen LogP contribution in [0.4, 0.5) is 5.69 Å². The molecule has 0 spiro atoms. The third kappa shape index (κ3) is 2.38. The number of pyridine rings is 2. The zero-order valence-corrected chi connectivity index (χ0v) is 15.4. The molecule has 0 N–H and O–H groups in total. The van der Waals surface area contributed by atoms with Gasteiger partial charge in [0.05, 0.1) is 35.7 Å². The van der Waals surface area contributed by atoms with Crippen LogP contribution >= 0.6 is 0 Å². The molecule has 0 saturated carbocycles. The van der Waals surface area contributed by atoms with Gasteiger partial charge in [-0.25, -0.2) is 28.1 Å². The molecule has 1 aliphatic heterocycles. The molecule has 10 heteroatoms. The maximum atomic E-state index is 12.7. The van der Waals surface area contributed by atoms with Gasteiger partial charge < -0.3 is 0 Å². The number of sulfonamides is 1. The average Bonchev–Trinajstić information content (AvgIpc) is 3.23. The quantitative estimate of drug-likeness (QED) is 0.514. The lowest BCUT2D eigenvalue weighted by Gasteiger charge is -2.27. The zero-order chi connectivity index (χ0) is 19.3. The minimum absolute atomic E-state index is 0.0423. The molecule has 5 heterocycles. The summed E-state index contributed by atoms with van der Waals surface area (Å²) in [5.74, 6) is 0. The summed E-state index contributed by atoms with van der Waals surface area (Å²) in [6.07, 6.45) is 9.57. The molecule has 0 fully saturated rings. The number of fused-ring (bicyclic) bond motifs is 3. The van der Waals surface area contributed by atoms with E-state index in [9.17, 15) is 8.42 Å². The Labute approximate surface area is 160 Å². The van der Waals surface area contributed by atoms with Crippen LogP contribution in [0.5, 0.6) is 0 Å². The van der Waals surface area contributed by atoms with Crippen LogP contribution in [0.25, 0.3) is 28.3 Å². The van der Waals surface area contributed by atoms with Crippen LogP contribution in [0.3, 0.4) is 0 Å². The second-order valence-corrected chi connectivity index (χ2v) is 8.09. The summed E-state index contributed by atoms with van der Waals surface area (Å²) in [7, 11) is -2.21. The lowest BCUT2D eigenvalue weighted by Crippen LogP contribution is -2.31. The molecule has 1 aliphatic rings. The van der Waals surface area contributed by atoms with Gasteiger partial charge in [-0.15, -0.1) is 0 Å². The van der Waals surface area contributed by atoms with Crippen LogP contribution in [0, 0.1) is 0 Å². The van der Waals surface area contributed by atoms with E-state index in [2.05, 4.69) is 25.0 Å².